The molecule has 0 aliphatic heterocycles. The van der Waals surface area contributed by atoms with E-state index in [1.54, 1.807) is 0 Å². The Kier molecular flexibility index (Phi) is 2.90. The lowest BCUT2D eigenvalue weighted by Crippen LogP contribution is -2.31. The van der Waals surface area contributed by atoms with Crippen molar-refractivity contribution in [2.75, 3.05) is 7.05 Å². The summed E-state index contributed by atoms with van der Waals surface area (Å²) in [5.74, 6) is 0. The fraction of sp³-hybridized carbons (Fsp3) is 0.750. The molecule has 0 radical (unpaired) electrons. The molecule has 1 rings (SSSR count). The van der Waals surface area contributed by atoms with Crippen molar-refractivity contribution in [1.29, 1.82) is 0 Å². The van der Waals surface area contributed by atoms with Gasteiger partial charge in [-0.05, 0) is 26.3 Å². The van der Waals surface area contributed by atoms with Gasteiger partial charge in [0.1, 0.15) is 0 Å². The van der Waals surface area contributed by atoms with Gasteiger partial charge in [-0.15, -0.1) is 0 Å². The van der Waals surface area contributed by atoms with E-state index in [0.29, 0.717) is 12.1 Å². The van der Waals surface area contributed by atoms with Crippen LogP contribution in [0.5, 0.6) is 0 Å². The molecule has 2 heteroatoms. The molecule has 0 amide bonds. The SMILES string of the molecule is CN[C@H]1CC=CC[C@H](N)C1. The van der Waals surface area contributed by atoms with Crippen molar-refractivity contribution in [3.05, 3.63) is 12.2 Å². The van der Waals surface area contributed by atoms with E-state index in [0.717, 1.165) is 19.3 Å². The van der Waals surface area contributed by atoms with Crippen LogP contribution in [0, 0.1) is 0 Å². The van der Waals surface area contributed by atoms with Crippen LogP contribution in [0.4, 0.5) is 0 Å². The minimum Gasteiger partial charge on any atom is -0.327 e. The minimum atomic E-state index is 0.358. The van der Waals surface area contributed by atoms with Crippen molar-refractivity contribution in [3.63, 3.8) is 0 Å². The third kappa shape index (κ3) is 2.12. The largest absolute Gasteiger partial charge is 0.327 e. The fourth-order valence-electron chi connectivity index (χ4n) is 1.33. The summed E-state index contributed by atoms with van der Waals surface area (Å²) in [7, 11) is 2.00. The first-order valence-corrected chi connectivity index (χ1v) is 3.90. The van der Waals surface area contributed by atoms with Gasteiger partial charge < -0.3 is 11.1 Å². The van der Waals surface area contributed by atoms with Crippen LogP contribution in [0.15, 0.2) is 12.2 Å². The van der Waals surface area contributed by atoms with Gasteiger partial charge in [-0.3, -0.25) is 0 Å². The molecule has 0 saturated carbocycles. The van der Waals surface area contributed by atoms with E-state index in [9.17, 15) is 0 Å². The highest BCUT2D eigenvalue weighted by Gasteiger charge is 2.11. The van der Waals surface area contributed by atoms with E-state index in [-0.39, 0.29) is 0 Å². The fourth-order valence-corrected chi connectivity index (χ4v) is 1.33. The quantitative estimate of drug-likeness (QED) is 0.525. The van der Waals surface area contributed by atoms with E-state index in [2.05, 4.69) is 17.5 Å². The highest BCUT2D eigenvalue weighted by atomic mass is 14.9. The average Bonchev–Trinajstić information content (AvgIpc) is 2.13. The Morgan fingerprint density at radius 3 is 2.80 bits per heavy atom. The molecule has 0 bridgehead atoms. The molecule has 0 heterocycles. The van der Waals surface area contributed by atoms with Crippen LogP contribution in [0.1, 0.15) is 19.3 Å². The Hall–Kier alpha value is -0.340. The van der Waals surface area contributed by atoms with Gasteiger partial charge in [0.25, 0.3) is 0 Å². The molecule has 2 nitrogen and oxygen atoms in total. The zero-order valence-corrected chi connectivity index (χ0v) is 6.51. The highest BCUT2D eigenvalue weighted by Crippen LogP contribution is 2.09. The van der Waals surface area contributed by atoms with Gasteiger partial charge in [0.2, 0.25) is 0 Å². The Morgan fingerprint density at radius 1 is 1.40 bits per heavy atom. The van der Waals surface area contributed by atoms with Crippen LogP contribution in [-0.2, 0) is 0 Å². The molecule has 3 N–H and O–H groups in total. The highest BCUT2D eigenvalue weighted by molar-refractivity contribution is 4.94. The molecule has 1 aliphatic carbocycles. The van der Waals surface area contributed by atoms with Gasteiger partial charge >= 0.3 is 0 Å². The monoisotopic (exact) mass is 140 g/mol. The molecule has 0 spiro atoms. The standard InChI is InChI=1S/C8H16N2/c1-10-8-5-3-2-4-7(9)6-8/h2-3,7-8,10H,4-6,9H2,1H3/t7-,8-/m0/s1. The first-order chi connectivity index (χ1) is 4.83. The summed E-state index contributed by atoms with van der Waals surface area (Å²) >= 11 is 0. The molecule has 0 unspecified atom stereocenters. The van der Waals surface area contributed by atoms with Crippen LogP contribution < -0.4 is 11.1 Å². The van der Waals surface area contributed by atoms with Crippen molar-refractivity contribution in [1.82, 2.24) is 5.32 Å². The van der Waals surface area contributed by atoms with Crippen molar-refractivity contribution >= 4 is 0 Å². The second-order valence-corrected chi connectivity index (χ2v) is 2.92. The molecule has 0 aromatic rings. The van der Waals surface area contributed by atoms with E-state index in [4.69, 9.17) is 5.73 Å². The average molecular weight is 140 g/mol. The summed E-state index contributed by atoms with van der Waals surface area (Å²) in [5.41, 5.74) is 5.81. The number of hydrogen-bond donors (Lipinski definition) is 2. The van der Waals surface area contributed by atoms with Gasteiger partial charge in [0, 0.05) is 12.1 Å². The zero-order valence-electron chi connectivity index (χ0n) is 6.51. The first kappa shape index (κ1) is 7.76. The number of rotatable bonds is 1. The van der Waals surface area contributed by atoms with Gasteiger partial charge in [-0.25, -0.2) is 0 Å². The third-order valence-electron chi connectivity index (χ3n) is 2.02. The maximum Gasteiger partial charge on any atom is 0.0113 e. The lowest BCUT2D eigenvalue weighted by molar-refractivity contribution is 0.481. The Bertz CT molecular complexity index is 120. The summed E-state index contributed by atoms with van der Waals surface area (Å²) < 4.78 is 0. The topological polar surface area (TPSA) is 38.0 Å². The van der Waals surface area contributed by atoms with Gasteiger partial charge in [-0.2, -0.15) is 0 Å². The predicted molar refractivity (Wildman–Crippen MR) is 43.8 cm³/mol. The predicted octanol–water partition coefficient (Wildman–Crippen LogP) is 0.642. The van der Waals surface area contributed by atoms with Gasteiger partial charge in [0.15, 0.2) is 0 Å². The minimum absolute atomic E-state index is 0.358. The van der Waals surface area contributed by atoms with E-state index in [1.807, 2.05) is 7.05 Å². The van der Waals surface area contributed by atoms with E-state index >= 15 is 0 Å². The van der Waals surface area contributed by atoms with E-state index in [1.165, 1.54) is 0 Å². The van der Waals surface area contributed by atoms with E-state index < -0.39 is 0 Å². The normalized spacial score (nSPS) is 33.8. The van der Waals surface area contributed by atoms with Crippen molar-refractivity contribution in [2.45, 2.75) is 31.3 Å². The van der Waals surface area contributed by atoms with Crippen LogP contribution in [-0.4, -0.2) is 19.1 Å². The second-order valence-electron chi connectivity index (χ2n) is 2.92. The number of nitrogens with one attached hydrogen (secondary N) is 1. The van der Waals surface area contributed by atoms with Crippen LogP contribution >= 0.6 is 0 Å². The maximum absolute atomic E-state index is 5.81. The molecule has 0 fully saturated rings. The van der Waals surface area contributed by atoms with Crippen LogP contribution in [0.25, 0.3) is 0 Å². The lowest BCUT2D eigenvalue weighted by atomic mass is 10.1. The molecule has 0 aromatic heterocycles. The Labute approximate surface area is 62.5 Å². The number of hydrogen-bond acceptors (Lipinski definition) is 2. The van der Waals surface area contributed by atoms with Crippen molar-refractivity contribution in [2.24, 2.45) is 5.73 Å². The second kappa shape index (κ2) is 3.74. The van der Waals surface area contributed by atoms with Gasteiger partial charge in [0.05, 0.1) is 0 Å². The van der Waals surface area contributed by atoms with Crippen LogP contribution in [0.3, 0.4) is 0 Å². The lowest BCUT2D eigenvalue weighted by Gasteiger charge is -2.15. The molecular weight excluding hydrogens is 124 g/mol. The summed E-state index contributed by atoms with van der Waals surface area (Å²) in [6.45, 7) is 0. The first-order valence-electron chi connectivity index (χ1n) is 3.90. The Morgan fingerprint density at radius 2 is 2.10 bits per heavy atom. The molecule has 10 heavy (non-hydrogen) atoms. The number of nitrogens with two attached hydrogens (primary N) is 1. The molecule has 2 atom stereocenters. The molecule has 0 aromatic carbocycles. The van der Waals surface area contributed by atoms with Crippen molar-refractivity contribution < 1.29 is 0 Å². The molecule has 58 valence electrons. The summed E-state index contributed by atoms with van der Waals surface area (Å²) in [6, 6.07) is 0.949. The van der Waals surface area contributed by atoms with Gasteiger partial charge in [-0.1, -0.05) is 12.2 Å². The Balaban J connectivity index is 2.40. The maximum atomic E-state index is 5.81. The van der Waals surface area contributed by atoms with Crippen molar-refractivity contribution in [3.8, 4) is 0 Å². The van der Waals surface area contributed by atoms with Crippen LogP contribution in [0.2, 0.25) is 0 Å². The third-order valence-corrected chi connectivity index (χ3v) is 2.02. The zero-order chi connectivity index (χ0) is 7.40. The smallest absolute Gasteiger partial charge is 0.0113 e. The summed E-state index contributed by atoms with van der Waals surface area (Å²) in [6.07, 6.45) is 7.67. The molecule has 0 saturated heterocycles. The summed E-state index contributed by atoms with van der Waals surface area (Å²) in [5, 5.41) is 3.24. The summed E-state index contributed by atoms with van der Waals surface area (Å²) in [4.78, 5) is 0. The molecular formula is C8H16N2. The molecule has 1 aliphatic rings.